The molecule has 0 fully saturated rings. The lowest BCUT2D eigenvalue weighted by Gasteiger charge is -1.92. The van der Waals surface area contributed by atoms with E-state index in [0.29, 0.717) is 20.7 Å². The predicted molar refractivity (Wildman–Crippen MR) is 55.4 cm³/mol. The summed E-state index contributed by atoms with van der Waals surface area (Å²) in [6.45, 7) is 0. The summed E-state index contributed by atoms with van der Waals surface area (Å²) in [5.74, 6) is 0. The third kappa shape index (κ3) is 2.16. The fourth-order valence-electron chi connectivity index (χ4n) is 0.796. The molecule has 0 spiro atoms. The quantitative estimate of drug-likeness (QED) is 0.775. The SMILES string of the molecule is Cn1nnnc1Sc1nc(Cl)c(C=O)s1. The molecule has 0 saturated carbocycles. The molecular formula is C6H4ClN5OS2. The van der Waals surface area contributed by atoms with Crippen LogP contribution in [-0.4, -0.2) is 31.5 Å². The van der Waals surface area contributed by atoms with Gasteiger partial charge in [0.25, 0.3) is 0 Å². The summed E-state index contributed by atoms with van der Waals surface area (Å²) in [5, 5.41) is 11.7. The van der Waals surface area contributed by atoms with Gasteiger partial charge in [0, 0.05) is 7.05 Å². The predicted octanol–water partition coefficient (Wildman–Crippen LogP) is 1.28. The first-order chi connectivity index (χ1) is 7.20. The molecule has 0 saturated heterocycles. The van der Waals surface area contributed by atoms with Crippen molar-refractivity contribution < 1.29 is 4.79 Å². The van der Waals surface area contributed by atoms with Gasteiger partial charge in [-0.1, -0.05) is 11.6 Å². The molecule has 0 aromatic carbocycles. The van der Waals surface area contributed by atoms with Gasteiger partial charge in [0.15, 0.2) is 15.8 Å². The second kappa shape index (κ2) is 4.25. The lowest BCUT2D eigenvalue weighted by molar-refractivity contribution is 0.112. The van der Waals surface area contributed by atoms with Crippen LogP contribution in [0.2, 0.25) is 5.15 Å². The third-order valence-corrected chi connectivity index (χ3v) is 3.93. The number of carbonyl (C=O) groups excluding carboxylic acids is 1. The number of tetrazole rings is 1. The zero-order valence-electron chi connectivity index (χ0n) is 7.42. The van der Waals surface area contributed by atoms with E-state index < -0.39 is 0 Å². The highest BCUT2D eigenvalue weighted by Crippen LogP contribution is 2.32. The van der Waals surface area contributed by atoms with Crippen molar-refractivity contribution in [2.45, 2.75) is 9.50 Å². The number of thiazole rings is 1. The molecular weight excluding hydrogens is 258 g/mol. The second-order valence-corrected chi connectivity index (χ2v) is 5.04. The normalized spacial score (nSPS) is 10.5. The van der Waals surface area contributed by atoms with Gasteiger partial charge in [-0.05, 0) is 22.2 Å². The second-order valence-electron chi connectivity index (χ2n) is 2.44. The maximum Gasteiger partial charge on any atom is 0.216 e. The topological polar surface area (TPSA) is 73.6 Å². The molecule has 2 aromatic heterocycles. The van der Waals surface area contributed by atoms with Gasteiger partial charge in [0.2, 0.25) is 5.16 Å². The van der Waals surface area contributed by atoms with E-state index in [1.165, 1.54) is 27.8 Å². The van der Waals surface area contributed by atoms with Gasteiger partial charge >= 0.3 is 0 Å². The summed E-state index contributed by atoms with van der Waals surface area (Å²) in [6, 6.07) is 0. The van der Waals surface area contributed by atoms with Gasteiger partial charge in [-0.3, -0.25) is 4.79 Å². The van der Waals surface area contributed by atoms with Crippen molar-refractivity contribution in [1.29, 1.82) is 0 Å². The van der Waals surface area contributed by atoms with Crippen molar-refractivity contribution in [3.8, 4) is 0 Å². The van der Waals surface area contributed by atoms with E-state index in [9.17, 15) is 4.79 Å². The van der Waals surface area contributed by atoms with Crippen LogP contribution in [0.1, 0.15) is 9.67 Å². The molecule has 2 aromatic rings. The van der Waals surface area contributed by atoms with Crippen molar-refractivity contribution in [1.82, 2.24) is 25.2 Å². The van der Waals surface area contributed by atoms with Gasteiger partial charge in [-0.15, -0.1) is 16.4 Å². The Morgan fingerprint density at radius 1 is 1.60 bits per heavy atom. The number of nitrogens with zero attached hydrogens (tertiary/aromatic N) is 5. The Balaban J connectivity index is 2.25. The smallest absolute Gasteiger partial charge is 0.216 e. The van der Waals surface area contributed by atoms with Crippen molar-refractivity contribution in [2.75, 3.05) is 0 Å². The first kappa shape index (κ1) is 10.5. The van der Waals surface area contributed by atoms with E-state index in [2.05, 4.69) is 20.5 Å². The van der Waals surface area contributed by atoms with Crippen LogP contribution in [0.4, 0.5) is 0 Å². The summed E-state index contributed by atoms with van der Waals surface area (Å²) in [5.41, 5.74) is 0. The molecule has 9 heteroatoms. The highest BCUT2D eigenvalue weighted by atomic mass is 35.5. The van der Waals surface area contributed by atoms with Crippen molar-refractivity contribution in [3.63, 3.8) is 0 Å². The maximum absolute atomic E-state index is 10.5. The number of hydrogen-bond acceptors (Lipinski definition) is 7. The summed E-state index contributed by atoms with van der Waals surface area (Å²) < 4.78 is 2.15. The Kier molecular flexibility index (Phi) is 2.98. The summed E-state index contributed by atoms with van der Waals surface area (Å²) in [7, 11) is 1.72. The Bertz CT molecular complexity index is 495. The van der Waals surface area contributed by atoms with Crippen LogP contribution in [0.5, 0.6) is 0 Å². The largest absolute Gasteiger partial charge is 0.297 e. The molecule has 0 unspecified atom stereocenters. The summed E-state index contributed by atoms with van der Waals surface area (Å²) >= 11 is 8.19. The van der Waals surface area contributed by atoms with Crippen LogP contribution in [0, 0.1) is 0 Å². The van der Waals surface area contributed by atoms with Crippen LogP contribution in [-0.2, 0) is 7.05 Å². The standard InChI is InChI=1S/C6H4ClN5OS2/c1-12-5(9-10-11-12)15-6-8-4(7)3(2-13)14-6/h2H,1H3. The molecule has 0 radical (unpaired) electrons. The van der Waals surface area contributed by atoms with Crippen LogP contribution < -0.4 is 0 Å². The minimum absolute atomic E-state index is 0.215. The molecule has 0 amide bonds. The van der Waals surface area contributed by atoms with E-state index >= 15 is 0 Å². The minimum atomic E-state index is 0.215. The number of rotatable bonds is 3. The fraction of sp³-hybridized carbons (Fsp3) is 0.167. The van der Waals surface area contributed by atoms with Crippen molar-refractivity contribution in [2.24, 2.45) is 7.05 Å². The molecule has 0 aliphatic carbocycles. The highest BCUT2D eigenvalue weighted by Gasteiger charge is 2.12. The average molecular weight is 262 g/mol. The zero-order chi connectivity index (χ0) is 10.8. The minimum Gasteiger partial charge on any atom is -0.297 e. The molecule has 0 bridgehead atoms. The molecule has 2 heterocycles. The number of aldehydes is 1. The highest BCUT2D eigenvalue weighted by molar-refractivity contribution is 8.00. The molecule has 0 N–H and O–H groups in total. The van der Waals surface area contributed by atoms with Crippen LogP contribution in [0.25, 0.3) is 0 Å². The van der Waals surface area contributed by atoms with Gasteiger partial charge in [0.05, 0.1) is 0 Å². The van der Waals surface area contributed by atoms with Gasteiger partial charge in [-0.2, -0.15) is 0 Å². The average Bonchev–Trinajstić information content (AvgIpc) is 2.75. The maximum atomic E-state index is 10.5. The Labute approximate surface area is 97.6 Å². The monoisotopic (exact) mass is 261 g/mol. The first-order valence-electron chi connectivity index (χ1n) is 3.72. The first-order valence-corrected chi connectivity index (χ1v) is 5.73. The molecule has 15 heavy (non-hydrogen) atoms. The van der Waals surface area contributed by atoms with Crippen LogP contribution >= 0.6 is 34.7 Å². The molecule has 0 aliphatic rings. The molecule has 78 valence electrons. The Morgan fingerprint density at radius 2 is 2.40 bits per heavy atom. The van der Waals surface area contributed by atoms with E-state index in [-0.39, 0.29) is 5.15 Å². The number of hydrogen-bond donors (Lipinski definition) is 0. The number of aromatic nitrogens is 5. The lowest BCUT2D eigenvalue weighted by atomic mass is 10.6. The van der Waals surface area contributed by atoms with Gasteiger partial charge < -0.3 is 0 Å². The van der Waals surface area contributed by atoms with Crippen molar-refractivity contribution >= 4 is 41.0 Å². The Morgan fingerprint density at radius 3 is 2.93 bits per heavy atom. The number of halogens is 1. The zero-order valence-corrected chi connectivity index (χ0v) is 9.81. The molecule has 0 aliphatic heterocycles. The van der Waals surface area contributed by atoms with E-state index in [1.807, 2.05) is 0 Å². The summed E-state index contributed by atoms with van der Waals surface area (Å²) in [4.78, 5) is 15.0. The van der Waals surface area contributed by atoms with E-state index in [0.717, 1.165) is 0 Å². The summed E-state index contributed by atoms with van der Waals surface area (Å²) in [6.07, 6.45) is 0.680. The number of carbonyl (C=O) groups is 1. The molecule has 6 nitrogen and oxygen atoms in total. The lowest BCUT2D eigenvalue weighted by Crippen LogP contribution is -1.92. The van der Waals surface area contributed by atoms with E-state index in [4.69, 9.17) is 11.6 Å². The molecule has 2 rings (SSSR count). The van der Waals surface area contributed by atoms with E-state index in [1.54, 1.807) is 7.05 Å². The van der Waals surface area contributed by atoms with Crippen LogP contribution in [0.15, 0.2) is 9.50 Å². The van der Waals surface area contributed by atoms with Gasteiger partial charge in [0.1, 0.15) is 4.88 Å². The Hall–Kier alpha value is -0.990. The number of aryl methyl sites for hydroxylation is 1. The van der Waals surface area contributed by atoms with Crippen molar-refractivity contribution in [3.05, 3.63) is 10.0 Å². The third-order valence-electron chi connectivity index (χ3n) is 1.46. The van der Waals surface area contributed by atoms with Gasteiger partial charge in [-0.25, -0.2) is 9.67 Å². The fourth-order valence-corrected chi connectivity index (χ4v) is 2.84. The molecule has 0 atom stereocenters. The van der Waals surface area contributed by atoms with Crippen LogP contribution in [0.3, 0.4) is 0 Å².